The molecule has 0 amide bonds. The Morgan fingerprint density at radius 2 is 1.62 bits per heavy atom. The second-order valence-electron chi connectivity index (χ2n) is 7.33. The van der Waals surface area contributed by atoms with Crippen molar-refractivity contribution in [2.45, 2.75) is 39.5 Å². The van der Waals surface area contributed by atoms with Crippen LogP contribution in [0.25, 0.3) is 22.1 Å². The summed E-state index contributed by atoms with van der Waals surface area (Å²) in [5, 5.41) is 0. The van der Waals surface area contributed by atoms with Crippen LogP contribution >= 0.6 is 0 Å². The highest BCUT2D eigenvalue weighted by atomic mass is 15.4. The topological polar surface area (TPSA) is 33.5 Å². The molecule has 0 aliphatic heterocycles. The number of rotatable bonds is 3. The van der Waals surface area contributed by atoms with Gasteiger partial charge in [-0.2, -0.15) is 0 Å². The second-order valence-corrected chi connectivity index (χ2v) is 7.33. The van der Waals surface area contributed by atoms with Gasteiger partial charge in [0.2, 0.25) is 0 Å². The van der Waals surface area contributed by atoms with E-state index < -0.39 is 0 Å². The molecule has 26 heavy (non-hydrogen) atoms. The van der Waals surface area contributed by atoms with Crippen LogP contribution in [0.15, 0.2) is 61.1 Å². The molecule has 0 unspecified atom stereocenters. The molecule has 4 rings (SSSR count). The molecule has 2 aromatic carbocycles. The van der Waals surface area contributed by atoms with Gasteiger partial charge >= 0.3 is 11.0 Å². The zero-order valence-corrected chi connectivity index (χ0v) is 15.7. The average Bonchev–Trinajstić information content (AvgIpc) is 2.66. The lowest BCUT2D eigenvalue weighted by Gasteiger charge is -2.06. The van der Waals surface area contributed by atoms with Crippen LogP contribution < -0.4 is 9.35 Å². The maximum absolute atomic E-state index is 4.84. The zero-order valence-electron chi connectivity index (χ0n) is 15.7. The van der Waals surface area contributed by atoms with Gasteiger partial charge in [-0.1, -0.05) is 45.9 Å². The SMILES string of the molecule is CC(C)c1ccc2ncc[n+](-[n+]3cc(C(C)C)nc4ccccc43)c2c1. The first kappa shape index (κ1) is 16.6. The molecular formula is C22H24N4+2. The number of nitrogens with zero attached hydrogens (tertiary/aromatic N) is 4. The van der Waals surface area contributed by atoms with Gasteiger partial charge in [-0.3, -0.25) is 0 Å². The van der Waals surface area contributed by atoms with E-state index in [0.717, 1.165) is 27.8 Å². The van der Waals surface area contributed by atoms with Gasteiger partial charge in [0.05, 0.1) is 15.5 Å². The molecule has 0 saturated heterocycles. The van der Waals surface area contributed by atoms with Gasteiger partial charge in [-0.15, -0.1) is 0 Å². The van der Waals surface area contributed by atoms with Gasteiger partial charge in [-0.05, 0) is 23.6 Å². The van der Waals surface area contributed by atoms with Gasteiger partial charge in [-0.25, -0.2) is 9.97 Å². The van der Waals surface area contributed by atoms with E-state index in [1.54, 1.807) is 0 Å². The van der Waals surface area contributed by atoms with Crippen LogP contribution in [0.4, 0.5) is 0 Å². The fraction of sp³-hybridized carbons (Fsp3) is 0.273. The number of para-hydroxylation sites is 2. The molecule has 4 nitrogen and oxygen atoms in total. The third-order valence-electron chi connectivity index (χ3n) is 4.79. The van der Waals surface area contributed by atoms with E-state index in [-0.39, 0.29) is 0 Å². The minimum absolute atomic E-state index is 0.353. The molecule has 0 aliphatic rings. The monoisotopic (exact) mass is 344 g/mol. The molecule has 0 bridgehead atoms. The number of hydrogen-bond acceptors (Lipinski definition) is 2. The van der Waals surface area contributed by atoms with Crippen LogP contribution in [0.3, 0.4) is 0 Å². The quantitative estimate of drug-likeness (QED) is 0.528. The Morgan fingerprint density at radius 1 is 0.808 bits per heavy atom. The number of hydrogen-bond donors (Lipinski definition) is 0. The van der Waals surface area contributed by atoms with Gasteiger partial charge in [0, 0.05) is 18.1 Å². The lowest BCUT2D eigenvalue weighted by Crippen LogP contribution is -2.67. The summed E-state index contributed by atoms with van der Waals surface area (Å²) in [4.78, 5) is 9.39. The van der Waals surface area contributed by atoms with Gasteiger partial charge < -0.3 is 0 Å². The van der Waals surface area contributed by atoms with E-state index in [2.05, 4.69) is 84.6 Å². The first-order chi connectivity index (χ1) is 12.5. The average molecular weight is 344 g/mol. The summed E-state index contributed by atoms with van der Waals surface area (Å²) in [5.41, 5.74) is 6.52. The maximum atomic E-state index is 4.84. The Labute approximate surface area is 153 Å². The summed E-state index contributed by atoms with van der Waals surface area (Å²) in [6.07, 6.45) is 6.01. The zero-order chi connectivity index (χ0) is 18.3. The molecule has 0 aliphatic carbocycles. The van der Waals surface area contributed by atoms with Crippen molar-refractivity contribution in [1.82, 2.24) is 9.97 Å². The molecule has 0 saturated carbocycles. The first-order valence-electron chi connectivity index (χ1n) is 9.17. The normalized spacial score (nSPS) is 11.8. The predicted molar refractivity (Wildman–Crippen MR) is 103 cm³/mol. The maximum Gasteiger partial charge on any atom is 0.302 e. The molecule has 4 aromatic rings. The number of fused-ring (bicyclic) bond motifs is 2. The minimum atomic E-state index is 0.353. The Balaban J connectivity index is 2.08. The summed E-state index contributed by atoms with van der Waals surface area (Å²) in [5.74, 6) is 0.823. The fourth-order valence-electron chi connectivity index (χ4n) is 3.21. The Morgan fingerprint density at radius 3 is 2.38 bits per heavy atom. The first-order valence-corrected chi connectivity index (χ1v) is 9.17. The highest BCUT2D eigenvalue weighted by Crippen LogP contribution is 2.18. The van der Waals surface area contributed by atoms with Crippen molar-refractivity contribution < 1.29 is 9.35 Å². The van der Waals surface area contributed by atoms with Crippen molar-refractivity contribution in [2.75, 3.05) is 0 Å². The minimum Gasteiger partial charge on any atom is -0.243 e. The van der Waals surface area contributed by atoms with Crippen molar-refractivity contribution in [3.8, 4) is 0 Å². The molecule has 4 heteroatoms. The summed E-state index contributed by atoms with van der Waals surface area (Å²) in [6, 6.07) is 14.8. The van der Waals surface area contributed by atoms with Crippen molar-refractivity contribution in [3.63, 3.8) is 0 Å². The van der Waals surface area contributed by atoms with Crippen molar-refractivity contribution >= 4 is 22.1 Å². The van der Waals surface area contributed by atoms with Crippen LogP contribution in [0, 0.1) is 0 Å². The Kier molecular flexibility index (Phi) is 4.11. The Bertz CT molecular complexity index is 1100. The molecule has 0 radical (unpaired) electrons. The summed E-state index contributed by atoms with van der Waals surface area (Å²) in [7, 11) is 0. The van der Waals surface area contributed by atoms with E-state index >= 15 is 0 Å². The highest BCUT2D eigenvalue weighted by Gasteiger charge is 2.25. The standard InChI is InChI=1S/C22H24N4/c1-15(2)17-9-10-18-22(13-17)25(12-11-23-18)26-14-20(16(3)4)24-19-7-5-6-8-21(19)26/h5-16H,1-4H3/q+2. The second kappa shape index (κ2) is 6.45. The van der Waals surface area contributed by atoms with Crippen LogP contribution in [0.2, 0.25) is 0 Å². The Hall–Kier alpha value is -2.88. The number of aromatic nitrogens is 4. The molecule has 130 valence electrons. The van der Waals surface area contributed by atoms with Crippen LogP contribution in [-0.4, -0.2) is 9.97 Å². The van der Waals surface area contributed by atoms with Crippen molar-refractivity contribution in [1.29, 1.82) is 0 Å². The van der Waals surface area contributed by atoms with Crippen molar-refractivity contribution in [2.24, 2.45) is 0 Å². The van der Waals surface area contributed by atoms with Gasteiger partial charge in [0.15, 0.2) is 0 Å². The molecule has 2 heterocycles. The largest absolute Gasteiger partial charge is 0.302 e. The fourth-order valence-corrected chi connectivity index (χ4v) is 3.21. The van der Waals surface area contributed by atoms with E-state index in [0.29, 0.717) is 11.8 Å². The van der Waals surface area contributed by atoms with Gasteiger partial charge in [0.25, 0.3) is 12.4 Å². The van der Waals surface area contributed by atoms with E-state index in [1.807, 2.05) is 18.5 Å². The molecule has 0 N–H and O–H groups in total. The van der Waals surface area contributed by atoms with Crippen molar-refractivity contribution in [3.05, 3.63) is 72.3 Å². The smallest absolute Gasteiger partial charge is 0.243 e. The summed E-state index contributed by atoms with van der Waals surface area (Å²) >= 11 is 0. The summed E-state index contributed by atoms with van der Waals surface area (Å²) in [6.45, 7) is 8.78. The highest BCUT2D eigenvalue weighted by molar-refractivity contribution is 5.72. The van der Waals surface area contributed by atoms with Crippen LogP contribution in [-0.2, 0) is 0 Å². The molecule has 0 spiro atoms. The lowest BCUT2D eigenvalue weighted by molar-refractivity contribution is -1.27. The predicted octanol–water partition coefficient (Wildman–Crippen LogP) is 3.92. The van der Waals surface area contributed by atoms with Crippen LogP contribution in [0.1, 0.15) is 50.8 Å². The lowest BCUT2D eigenvalue weighted by atomic mass is 10.0. The van der Waals surface area contributed by atoms with Crippen LogP contribution in [0.5, 0.6) is 0 Å². The summed E-state index contributed by atoms with van der Waals surface area (Å²) < 4.78 is 4.36. The van der Waals surface area contributed by atoms with Gasteiger partial charge in [0.1, 0.15) is 16.7 Å². The third kappa shape index (κ3) is 2.81. The van der Waals surface area contributed by atoms with E-state index in [4.69, 9.17) is 4.98 Å². The molecule has 0 atom stereocenters. The van der Waals surface area contributed by atoms with E-state index in [1.165, 1.54) is 5.56 Å². The number of benzene rings is 2. The molecule has 2 aromatic heterocycles. The molecule has 0 fully saturated rings. The van der Waals surface area contributed by atoms with E-state index in [9.17, 15) is 0 Å². The third-order valence-corrected chi connectivity index (χ3v) is 4.79. The molecular weight excluding hydrogens is 320 g/mol.